The van der Waals surface area contributed by atoms with Crippen molar-refractivity contribution in [2.24, 2.45) is 0 Å². The molecule has 0 saturated carbocycles. The van der Waals surface area contributed by atoms with Gasteiger partial charge in [0, 0.05) is 19.0 Å². The number of nitrogens with zero attached hydrogens (tertiary/aromatic N) is 2. The second-order valence-electron chi connectivity index (χ2n) is 3.87. The summed E-state index contributed by atoms with van der Waals surface area (Å²) in [5, 5.41) is 2.51. The number of pyridine rings is 1. The number of methoxy groups -OCH3 is 1. The molecule has 0 radical (unpaired) electrons. The van der Waals surface area contributed by atoms with E-state index in [-0.39, 0.29) is 0 Å². The van der Waals surface area contributed by atoms with Gasteiger partial charge in [-0.2, -0.15) is 0 Å². The first-order chi connectivity index (χ1) is 8.15. The van der Waals surface area contributed by atoms with E-state index in [4.69, 9.17) is 16.3 Å². The Kier molecular flexibility index (Phi) is 3.38. The van der Waals surface area contributed by atoms with Gasteiger partial charge in [0.05, 0.1) is 7.11 Å². The van der Waals surface area contributed by atoms with Gasteiger partial charge in [0.2, 0.25) is 0 Å². The third kappa shape index (κ3) is 2.29. The average Bonchev–Trinajstić information content (AvgIpc) is 2.36. The normalized spacial score (nSPS) is 10.6. The van der Waals surface area contributed by atoms with Gasteiger partial charge < -0.3 is 9.64 Å². The van der Waals surface area contributed by atoms with Crippen molar-refractivity contribution in [1.29, 1.82) is 0 Å². The second-order valence-corrected chi connectivity index (χ2v) is 4.23. The van der Waals surface area contributed by atoms with Crippen LogP contribution in [-0.2, 0) is 0 Å². The van der Waals surface area contributed by atoms with Crippen molar-refractivity contribution in [2.75, 3.05) is 25.6 Å². The molecule has 90 valence electrons. The zero-order chi connectivity index (χ0) is 12.4. The molecule has 1 aromatic carbocycles. The third-order valence-corrected chi connectivity index (χ3v) is 3.13. The van der Waals surface area contributed by atoms with Gasteiger partial charge in [-0.25, -0.2) is 4.98 Å². The Morgan fingerprint density at radius 1 is 1.35 bits per heavy atom. The number of rotatable bonds is 3. The largest absolute Gasteiger partial charge is 0.497 e. The van der Waals surface area contributed by atoms with E-state index >= 15 is 0 Å². The standard InChI is InChI=1S/C13H15ClN2O/c1-4-16(2)12-8-9-7-10(17-3)5-6-11(9)13(14)15-12/h5-8H,4H2,1-3H3. The van der Waals surface area contributed by atoms with Gasteiger partial charge in [-0.3, -0.25) is 0 Å². The molecule has 0 aliphatic heterocycles. The molecule has 0 atom stereocenters. The van der Waals surface area contributed by atoms with Crippen LogP contribution >= 0.6 is 11.6 Å². The monoisotopic (exact) mass is 250 g/mol. The predicted molar refractivity (Wildman–Crippen MR) is 72.2 cm³/mol. The first-order valence-corrected chi connectivity index (χ1v) is 5.89. The molecule has 0 spiro atoms. The quantitative estimate of drug-likeness (QED) is 0.781. The molecule has 2 aromatic rings. The summed E-state index contributed by atoms with van der Waals surface area (Å²) < 4.78 is 5.21. The molecule has 4 heteroatoms. The van der Waals surface area contributed by atoms with Crippen LogP contribution in [-0.4, -0.2) is 25.7 Å². The van der Waals surface area contributed by atoms with Crippen LogP contribution in [0.1, 0.15) is 6.92 Å². The van der Waals surface area contributed by atoms with Crippen LogP contribution in [0.15, 0.2) is 24.3 Å². The van der Waals surface area contributed by atoms with Gasteiger partial charge in [0.15, 0.2) is 0 Å². The summed E-state index contributed by atoms with van der Waals surface area (Å²) in [6.45, 7) is 2.96. The minimum atomic E-state index is 0.528. The smallest absolute Gasteiger partial charge is 0.139 e. The average molecular weight is 251 g/mol. The number of hydrogen-bond donors (Lipinski definition) is 0. The van der Waals surface area contributed by atoms with Crippen molar-refractivity contribution in [1.82, 2.24) is 4.98 Å². The van der Waals surface area contributed by atoms with Gasteiger partial charge >= 0.3 is 0 Å². The molecular formula is C13H15ClN2O. The van der Waals surface area contributed by atoms with E-state index < -0.39 is 0 Å². The fraction of sp³-hybridized carbons (Fsp3) is 0.308. The molecule has 0 fully saturated rings. The van der Waals surface area contributed by atoms with Crippen LogP contribution in [0.3, 0.4) is 0 Å². The maximum absolute atomic E-state index is 6.18. The van der Waals surface area contributed by atoms with Crippen LogP contribution in [0.5, 0.6) is 5.75 Å². The van der Waals surface area contributed by atoms with E-state index in [0.29, 0.717) is 5.15 Å². The number of hydrogen-bond acceptors (Lipinski definition) is 3. The molecule has 0 aliphatic rings. The number of fused-ring (bicyclic) bond motifs is 1. The summed E-state index contributed by atoms with van der Waals surface area (Å²) in [4.78, 5) is 6.42. The van der Waals surface area contributed by atoms with E-state index in [0.717, 1.165) is 28.9 Å². The SMILES string of the molecule is CCN(C)c1cc2cc(OC)ccc2c(Cl)n1. The summed E-state index contributed by atoms with van der Waals surface area (Å²) in [6, 6.07) is 7.81. The number of halogens is 1. The lowest BCUT2D eigenvalue weighted by atomic mass is 10.1. The van der Waals surface area contributed by atoms with Crippen LogP contribution in [0, 0.1) is 0 Å². The van der Waals surface area contributed by atoms with Crippen molar-refractivity contribution < 1.29 is 4.74 Å². The highest BCUT2D eigenvalue weighted by atomic mass is 35.5. The zero-order valence-corrected chi connectivity index (χ0v) is 11.0. The van der Waals surface area contributed by atoms with E-state index in [1.165, 1.54) is 0 Å². The van der Waals surface area contributed by atoms with E-state index in [1.54, 1.807) is 7.11 Å². The van der Waals surface area contributed by atoms with E-state index in [9.17, 15) is 0 Å². The molecule has 0 bridgehead atoms. The molecule has 1 aromatic heterocycles. The van der Waals surface area contributed by atoms with Crippen LogP contribution < -0.4 is 9.64 Å². The van der Waals surface area contributed by atoms with Crippen LogP contribution in [0.2, 0.25) is 5.15 Å². The highest BCUT2D eigenvalue weighted by molar-refractivity contribution is 6.34. The summed E-state index contributed by atoms with van der Waals surface area (Å²) in [5.41, 5.74) is 0. The fourth-order valence-corrected chi connectivity index (χ4v) is 1.92. The summed E-state index contributed by atoms with van der Waals surface area (Å²) in [7, 11) is 3.65. The maximum Gasteiger partial charge on any atom is 0.139 e. The Bertz CT molecular complexity index is 542. The lowest BCUT2D eigenvalue weighted by Crippen LogP contribution is -2.17. The van der Waals surface area contributed by atoms with E-state index in [2.05, 4.69) is 11.9 Å². The molecule has 2 rings (SSSR count). The summed E-state index contributed by atoms with van der Waals surface area (Å²) in [5.74, 6) is 1.70. The number of anilines is 1. The van der Waals surface area contributed by atoms with Crippen LogP contribution in [0.4, 0.5) is 5.82 Å². The Hall–Kier alpha value is -1.48. The third-order valence-electron chi connectivity index (χ3n) is 2.84. The van der Waals surface area contributed by atoms with Crippen molar-refractivity contribution in [3.8, 4) is 5.75 Å². The molecule has 3 nitrogen and oxygen atoms in total. The Morgan fingerprint density at radius 2 is 2.12 bits per heavy atom. The molecule has 0 N–H and O–H groups in total. The number of ether oxygens (including phenoxy) is 1. The minimum Gasteiger partial charge on any atom is -0.497 e. The molecule has 17 heavy (non-hydrogen) atoms. The Balaban J connectivity index is 2.61. The number of aromatic nitrogens is 1. The Morgan fingerprint density at radius 3 is 2.76 bits per heavy atom. The molecule has 0 aliphatic carbocycles. The molecular weight excluding hydrogens is 236 g/mol. The second kappa shape index (κ2) is 4.80. The molecule has 0 unspecified atom stereocenters. The maximum atomic E-state index is 6.18. The highest BCUT2D eigenvalue weighted by Gasteiger charge is 2.07. The van der Waals surface area contributed by atoms with Gasteiger partial charge in [0.1, 0.15) is 16.7 Å². The summed E-state index contributed by atoms with van der Waals surface area (Å²) in [6.07, 6.45) is 0. The molecule has 0 saturated heterocycles. The fourth-order valence-electron chi connectivity index (χ4n) is 1.66. The van der Waals surface area contributed by atoms with Crippen molar-refractivity contribution in [2.45, 2.75) is 6.92 Å². The minimum absolute atomic E-state index is 0.528. The first-order valence-electron chi connectivity index (χ1n) is 5.51. The summed E-state index contributed by atoms with van der Waals surface area (Å²) >= 11 is 6.18. The molecule has 0 amide bonds. The van der Waals surface area contributed by atoms with Crippen molar-refractivity contribution >= 4 is 28.2 Å². The van der Waals surface area contributed by atoms with Gasteiger partial charge in [0.25, 0.3) is 0 Å². The van der Waals surface area contributed by atoms with Crippen molar-refractivity contribution in [3.63, 3.8) is 0 Å². The first kappa shape index (κ1) is 12.0. The van der Waals surface area contributed by atoms with Gasteiger partial charge in [-0.15, -0.1) is 0 Å². The highest BCUT2D eigenvalue weighted by Crippen LogP contribution is 2.28. The van der Waals surface area contributed by atoms with E-state index in [1.807, 2.05) is 36.2 Å². The molecule has 1 heterocycles. The van der Waals surface area contributed by atoms with Gasteiger partial charge in [-0.05, 0) is 36.6 Å². The topological polar surface area (TPSA) is 25.4 Å². The van der Waals surface area contributed by atoms with Crippen LogP contribution in [0.25, 0.3) is 10.8 Å². The lowest BCUT2D eigenvalue weighted by Gasteiger charge is -2.16. The zero-order valence-electron chi connectivity index (χ0n) is 10.2. The number of benzene rings is 1. The lowest BCUT2D eigenvalue weighted by molar-refractivity contribution is 0.415. The Labute approximate surface area is 106 Å². The van der Waals surface area contributed by atoms with Crippen molar-refractivity contribution in [3.05, 3.63) is 29.4 Å². The van der Waals surface area contributed by atoms with Gasteiger partial charge in [-0.1, -0.05) is 11.6 Å². The predicted octanol–water partition coefficient (Wildman–Crippen LogP) is 3.35.